The van der Waals surface area contributed by atoms with Gasteiger partial charge in [-0.3, -0.25) is 0 Å². The van der Waals surface area contributed by atoms with Crippen molar-refractivity contribution in [1.82, 2.24) is 0 Å². The first-order valence-corrected chi connectivity index (χ1v) is 4.95. The molecule has 0 aliphatic carbocycles. The summed E-state index contributed by atoms with van der Waals surface area (Å²) in [7, 11) is 0. The summed E-state index contributed by atoms with van der Waals surface area (Å²) in [5, 5.41) is 1.39. The van der Waals surface area contributed by atoms with Crippen molar-refractivity contribution in [3.05, 3.63) is 46.5 Å². The molecule has 0 heterocycles. The predicted octanol–water partition coefficient (Wildman–Crippen LogP) is 4.36. The molecule has 1 aromatic carbocycles. The maximum atomic E-state index is 5.87. The highest BCUT2D eigenvalue weighted by Gasteiger charge is 2.01. The zero-order chi connectivity index (χ0) is 9.84. The van der Waals surface area contributed by atoms with E-state index in [4.69, 9.17) is 23.2 Å². The summed E-state index contributed by atoms with van der Waals surface area (Å²) in [6, 6.07) is 5.62. The third-order valence-electron chi connectivity index (χ3n) is 1.88. The summed E-state index contributed by atoms with van der Waals surface area (Å²) in [6.45, 7) is 5.85. The topological polar surface area (TPSA) is 0 Å². The number of hydrogen-bond acceptors (Lipinski definition) is 0. The molecule has 1 atom stereocenters. The smallest absolute Gasteiger partial charge is 0.0423 e. The minimum atomic E-state index is 0.453. The Morgan fingerprint density at radius 2 is 1.85 bits per heavy atom. The summed E-state index contributed by atoms with van der Waals surface area (Å²) < 4.78 is 0. The number of benzene rings is 1. The molecule has 0 radical (unpaired) electrons. The fourth-order valence-electron chi connectivity index (χ4n) is 1.18. The van der Waals surface area contributed by atoms with Gasteiger partial charge in [0, 0.05) is 10.0 Å². The van der Waals surface area contributed by atoms with E-state index < -0.39 is 0 Å². The first-order valence-electron chi connectivity index (χ1n) is 4.19. The number of allylic oxidation sites excluding steroid dienone is 1. The summed E-state index contributed by atoms with van der Waals surface area (Å²) in [4.78, 5) is 0. The van der Waals surface area contributed by atoms with Crippen LogP contribution in [0.2, 0.25) is 10.0 Å². The maximum Gasteiger partial charge on any atom is 0.0423 e. The van der Waals surface area contributed by atoms with E-state index in [9.17, 15) is 0 Å². The van der Waals surface area contributed by atoms with E-state index in [0.29, 0.717) is 16.0 Å². The Hall–Kier alpha value is -0.460. The van der Waals surface area contributed by atoms with E-state index in [0.717, 1.165) is 12.0 Å². The molecule has 1 unspecified atom stereocenters. The Kier molecular flexibility index (Phi) is 3.83. The van der Waals surface area contributed by atoms with E-state index in [-0.39, 0.29) is 0 Å². The number of rotatable bonds is 3. The van der Waals surface area contributed by atoms with E-state index >= 15 is 0 Å². The standard InChI is InChI=1S/C11H12Cl2/c1-3-8(2)4-9-5-10(12)7-11(13)6-9/h3,5-8H,1,4H2,2H3. The van der Waals surface area contributed by atoms with Crippen molar-refractivity contribution >= 4 is 23.2 Å². The normalized spacial score (nSPS) is 12.5. The van der Waals surface area contributed by atoms with Gasteiger partial charge in [-0.1, -0.05) is 36.2 Å². The van der Waals surface area contributed by atoms with Crippen LogP contribution in [0.1, 0.15) is 12.5 Å². The Labute approximate surface area is 89.2 Å². The zero-order valence-corrected chi connectivity index (χ0v) is 9.07. The predicted molar refractivity (Wildman–Crippen MR) is 59.5 cm³/mol. The van der Waals surface area contributed by atoms with Crippen LogP contribution in [0, 0.1) is 5.92 Å². The van der Waals surface area contributed by atoms with Crippen LogP contribution in [0.4, 0.5) is 0 Å². The van der Waals surface area contributed by atoms with Crippen LogP contribution in [-0.2, 0) is 6.42 Å². The Bertz CT molecular complexity index is 285. The lowest BCUT2D eigenvalue weighted by Gasteiger charge is -2.06. The maximum absolute atomic E-state index is 5.87. The van der Waals surface area contributed by atoms with Gasteiger partial charge in [-0.15, -0.1) is 6.58 Å². The minimum Gasteiger partial charge on any atom is -0.103 e. The van der Waals surface area contributed by atoms with Gasteiger partial charge in [0.1, 0.15) is 0 Å². The fourth-order valence-corrected chi connectivity index (χ4v) is 1.76. The van der Waals surface area contributed by atoms with Gasteiger partial charge in [0.15, 0.2) is 0 Å². The van der Waals surface area contributed by atoms with Crippen LogP contribution in [0.25, 0.3) is 0 Å². The third-order valence-corrected chi connectivity index (χ3v) is 2.32. The van der Waals surface area contributed by atoms with E-state index in [1.54, 1.807) is 6.07 Å². The number of halogens is 2. The average molecular weight is 215 g/mol. The van der Waals surface area contributed by atoms with Gasteiger partial charge in [0.05, 0.1) is 0 Å². The molecule has 0 saturated heterocycles. The fraction of sp³-hybridized carbons (Fsp3) is 0.273. The van der Waals surface area contributed by atoms with Crippen molar-refractivity contribution in [3.8, 4) is 0 Å². The molecule has 1 rings (SSSR count). The molecule has 0 aliphatic heterocycles. The molecule has 0 saturated carbocycles. The second-order valence-electron chi connectivity index (χ2n) is 3.19. The van der Waals surface area contributed by atoms with Crippen molar-refractivity contribution in [2.75, 3.05) is 0 Å². The van der Waals surface area contributed by atoms with Crippen LogP contribution >= 0.6 is 23.2 Å². The average Bonchev–Trinajstić information content (AvgIpc) is 2.02. The van der Waals surface area contributed by atoms with Gasteiger partial charge in [-0.05, 0) is 36.1 Å². The van der Waals surface area contributed by atoms with E-state index in [1.165, 1.54) is 0 Å². The molecular formula is C11H12Cl2. The molecule has 0 N–H and O–H groups in total. The van der Waals surface area contributed by atoms with Gasteiger partial charge in [-0.2, -0.15) is 0 Å². The largest absolute Gasteiger partial charge is 0.103 e. The monoisotopic (exact) mass is 214 g/mol. The highest BCUT2D eigenvalue weighted by molar-refractivity contribution is 6.34. The summed E-state index contributed by atoms with van der Waals surface area (Å²) in [5.41, 5.74) is 1.16. The van der Waals surface area contributed by atoms with Gasteiger partial charge in [-0.25, -0.2) is 0 Å². The zero-order valence-electron chi connectivity index (χ0n) is 7.56. The summed E-state index contributed by atoms with van der Waals surface area (Å²) >= 11 is 11.7. The van der Waals surface area contributed by atoms with E-state index in [1.807, 2.05) is 18.2 Å². The number of hydrogen-bond donors (Lipinski definition) is 0. The van der Waals surface area contributed by atoms with Gasteiger partial charge >= 0.3 is 0 Å². The SMILES string of the molecule is C=CC(C)Cc1cc(Cl)cc(Cl)c1. The highest BCUT2D eigenvalue weighted by atomic mass is 35.5. The molecular weight excluding hydrogens is 203 g/mol. The molecule has 0 spiro atoms. The quantitative estimate of drug-likeness (QED) is 0.657. The van der Waals surface area contributed by atoms with Crippen molar-refractivity contribution < 1.29 is 0 Å². The Balaban J connectivity index is 2.82. The van der Waals surface area contributed by atoms with Crippen molar-refractivity contribution in [2.45, 2.75) is 13.3 Å². The van der Waals surface area contributed by atoms with Crippen molar-refractivity contribution in [1.29, 1.82) is 0 Å². The molecule has 0 aromatic heterocycles. The summed E-state index contributed by atoms with van der Waals surface area (Å²) in [5.74, 6) is 0.453. The van der Waals surface area contributed by atoms with Gasteiger partial charge in [0.25, 0.3) is 0 Å². The Morgan fingerprint density at radius 3 is 2.31 bits per heavy atom. The van der Waals surface area contributed by atoms with E-state index in [2.05, 4.69) is 13.5 Å². The molecule has 0 fully saturated rings. The van der Waals surface area contributed by atoms with Gasteiger partial charge in [0.2, 0.25) is 0 Å². The van der Waals surface area contributed by atoms with Crippen LogP contribution in [0.3, 0.4) is 0 Å². The third kappa shape index (κ3) is 3.41. The van der Waals surface area contributed by atoms with Crippen LogP contribution in [0.15, 0.2) is 30.9 Å². The lowest BCUT2D eigenvalue weighted by molar-refractivity contribution is 0.725. The Morgan fingerprint density at radius 1 is 1.31 bits per heavy atom. The second kappa shape index (κ2) is 4.69. The first-order chi connectivity index (χ1) is 6.11. The lowest BCUT2D eigenvalue weighted by atomic mass is 10.0. The molecule has 0 aliphatic rings. The van der Waals surface area contributed by atoms with Crippen molar-refractivity contribution in [2.24, 2.45) is 5.92 Å². The minimum absolute atomic E-state index is 0.453. The summed E-state index contributed by atoms with van der Waals surface area (Å²) in [6.07, 6.45) is 2.86. The van der Waals surface area contributed by atoms with Gasteiger partial charge < -0.3 is 0 Å². The van der Waals surface area contributed by atoms with Crippen molar-refractivity contribution in [3.63, 3.8) is 0 Å². The highest BCUT2D eigenvalue weighted by Crippen LogP contribution is 2.21. The second-order valence-corrected chi connectivity index (χ2v) is 4.07. The first kappa shape index (κ1) is 10.6. The molecule has 1 aromatic rings. The van der Waals surface area contributed by atoms with Crippen LogP contribution in [0.5, 0.6) is 0 Å². The molecule has 0 bridgehead atoms. The molecule has 0 amide bonds. The molecule has 70 valence electrons. The van der Waals surface area contributed by atoms with Crippen LogP contribution in [-0.4, -0.2) is 0 Å². The molecule has 2 heteroatoms. The van der Waals surface area contributed by atoms with Crippen LogP contribution < -0.4 is 0 Å². The molecule has 0 nitrogen and oxygen atoms in total. The molecule has 13 heavy (non-hydrogen) atoms. The lowest BCUT2D eigenvalue weighted by Crippen LogP contribution is -1.95.